The summed E-state index contributed by atoms with van der Waals surface area (Å²) in [5.74, 6) is 0.0884. The minimum atomic E-state index is -0.103. The number of aromatic nitrogens is 4. The van der Waals surface area contributed by atoms with Gasteiger partial charge in [0.2, 0.25) is 0 Å². The highest BCUT2D eigenvalue weighted by atomic mass is 16.5. The summed E-state index contributed by atoms with van der Waals surface area (Å²) in [6.07, 6.45) is 1.73. The molecule has 2 aromatic rings. The van der Waals surface area contributed by atoms with Gasteiger partial charge in [-0.05, 0) is 19.1 Å². The van der Waals surface area contributed by atoms with Gasteiger partial charge in [0.25, 0.3) is 5.91 Å². The van der Waals surface area contributed by atoms with Gasteiger partial charge < -0.3 is 15.0 Å². The standard InChI is InChI=1S/C13H17N5O2/c1-9-12-8-20-7-10(6-18(12)17-16-9)5-15-13(19)11-3-2-4-14-11/h2-4,10,14H,5-8H2,1H3,(H,15,19)/t10-/m0/s1. The zero-order valence-corrected chi connectivity index (χ0v) is 11.3. The fourth-order valence-electron chi connectivity index (χ4n) is 2.29. The lowest BCUT2D eigenvalue weighted by Gasteiger charge is -2.14. The Morgan fingerprint density at radius 3 is 3.35 bits per heavy atom. The first-order chi connectivity index (χ1) is 9.74. The van der Waals surface area contributed by atoms with Crippen molar-refractivity contribution in [1.82, 2.24) is 25.3 Å². The maximum atomic E-state index is 11.9. The number of ether oxygens (including phenoxy) is 1. The minimum absolute atomic E-state index is 0.103. The van der Waals surface area contributed by atoms with Crippen LogP contribution in [0.25, 0.3) is 0 Å². The second-order valence-electron chi connectivity index (χ2n) is 4.98. The van der Waals surface area contributed by atoms with Crippen LogP contribution in [0.15, 0.2) is 18.3 Å². The van der Waals surface area contributed by atoms with Crippen LogP contribution >= 0.6 is 0 Å². The van der Waals surface area contributed by atoms with Crippen LogP contribution in [-0.4, -0.2) is 39.0 Å². The van der Waals surface area contributed by atoms with Crippen LogP contribution in [0.3, 0.4) is 0 Å². The molecule has 0 aliphatic carbocycles. The van der Waals surface area contributed by atoms with Gasteiger partial charge in [-0.1, -0.05) is 5.21 Å². The highest BCUT2D eigenvalue weighted by Crippen LogP contribution is 2.14. The van der Waals surface area contributed by atoms with Crippen molar-refractivity contribution in [2.75, 3.05) is 13.2 Å². The monoisotopic (exact) mass is 275 g/mol. The highest BCUT2D eigenvalue weighted by Gasteiger charge is 2.20. The molecule has 0 aromatic carbocycles. The summed E-state index contributed by atoms with van der Waals surface area (Å²) in [5, 5.41) is 11.1. The molecule has 2 N–H and O–H groups in total. The molecule has 0 fully saturated rings. The SMILES string of the molecule is Cc1nnn2c1COC[C@@H](CNC(=O)c1ccc[nH]1)C2. The summed E-state index contributed by atoms with van der Waals surface area (Å²) >= 11 is 0. The number of fused-ring (bicyclic) bond motifs is 1. The van der Waals surface area contributed by atoms with Gasteiger partial charge in [0.05, 0.1) is 24.6 Å². The number of carbonyl (C=O) groups is 1. The first-order valence-corrected chi connectivity index (χ1v) is 6.62. The molecule has 20 heavy (non-hydrogen) atoms. The van der Waals surface area contributed by atoms with Crippen LogP contribution in [-0.2, 0) is 17.9 Å². The predicted molar refractivity (Wildman–Crippen MR) is 71.0 cm³/mol. The van der Waals surface area contributed by atoms with E-state index in [-0.39, 0.29) is 11.8 Å². The first kappa shape index (κ1) is 12.9. The highest BCUT2D eigenvalue weighted by molar-refractivity contribution is 5.92. The third-order valence-corrected chi connectivity index (χ3v) is 3.45. The molecule has 3 heterocycles. The van der Waals surface area contributed by atoms with Crippen LogP contribution in [0.1, 0.15) is 21.9 Å². The van der Waals surface area contributed by atoms with Crippen LogP contribution in [0.5, 0.6) is 0 Å². The number of aryl methyl sites for hydroxylation is 1. The Morgan fingerprint density at radius 1 is 1.65 bits per heavy atom. The average Bonchev–Trinajstić information content (AvgIpc) is 3.03. The number of rotatable bonds is 3. The van der Waals surface area contributed by atoms with E-state index in [4.69, 9.17) is 4.74 Å². The summed E-state index contributed by atoms with van der Waals surface area (Å²) in [7, 11) is 0. The minimum Gasteiger partial charge on any atom is -0.375 e. The lowest BCUT2D eigenvalue weighted by atomic mass is 10.1. The summed E-state index contributed by atoms with van der Waals surface area (Å²) in [6, 6.07) is 3.55. The molecule has 0 saturated heterocycles. The van der Waals surface area contributed by atoms with Gasteiger partial charge in [-0.3, -0.25) is 4.79 Å². The number of nitrogens with zero attached hydrogens (tertiary/aromatic N) is 3. The Morgan fingerprint density at radius 2 is 2.55 bits per heavy atom. The summed E-state index contributed by atoms with van der Waals surface area (Å²) in [6.45, 7) is 4.32. The lowest BCUT2D eigenvalue weighted by Crippen LogP contribution is -2.33. The van der Waals surface area contributed by atoms with Crippen molar-refractivity contribution in [3.8, 4) is 0 Å². The molecule has 0 unspecified atom stereocenters. The zero-order chi connectivity index (χ0) is 13.9. The quantitative estimate of drug-likeness (QED) is 0.854. The number of hydrogen-bond donors (Lipinski definition) is 2. The van der Waals surface area contributed by atoms with Crippen molar-refractivity contribution >= 4 is 5.91 Å². The van der Waals surface area contributed by atoms with Gasteiger partial charge in [-0.25, -0.2) is 4.68 Å². The fourth-order valence-corrected chi connectivity index (χ4v) is 2.29. The third-order valence-electron chi connectivity index (χ3n) is 3.45. The van der Waals surface area contributed by atoms with E-state index in [1.807, 2.05) is 11.6 Å². The van der Waals surface area contributed by atoms with Crippen molar-refractivity contribution < 1.29 is 9.53 Å². The zero-order valence-electron chi connectivity index (χ0n) is 11.3. The van der Waals surface area contributed by atoms with Crippen LogP contribution in [0.4, 0.5) is 0 Å². The Bertz CT molecular complexity index is 590. The number of H-pyrrole nitrogens is 1. The maximum Gasteiger partial charge on any atom is 0.267 e. The van der Waals surface area contributed by atoms with Crippen LogP contribution in [0.2, 0.25) is 0 Å². The van der Waals surface area contributed by atoms with E-state index in [1.165, 1.54) is 0 Å². The lowest BCUT2D eigenvalue weighted by molar-refractivity contribution is 0.0847. The molecule has 106 valence electrons. The van der Waals surface area contributed by atoms with E-state index < -0.39 is 0 Å². The second kappa shape index (κ2) is 5.46. The van der Waals surface area contributed by atoms with Crippen molar-refractivity contribution in [2.24, 2.45) is 5.92 Å². The first-order valence-electron chi connectivity index (χ1n) is 6.62. The Kier molecular flexibility index (Phi) is 3.51. The van der Waals surface area contributed by atoms with Crippen molar-refractivity contribution in [2.45, 2.75) is 20.1 Å². The number of nitrogens with one attached hydrogen (secondary N) is 2. The molecule has 0 radical (unpaired) electrons. The van der Waals surface area contributed by atoms with Gasteiger partial charge in [-0.15, -0.1) is 5.10 Å². The summed E-state index contributed by atoms with van der Waals surface area (Å²) in [4.78, 5) is 14.8. The predicted octanol–water partition coefficient (Wildman–Crippen LogP) is 0.491. The van der Waals surface area contributed by atoms with Crippen LogP contribution in [0, 0.1) is 12.8 Å². The maximum absolute atomic E-state index is 11.9. The Balaban J connectivity index is 1.60. The van der Waals surface area contributed by atoms with E-state index in [9.17, 15) is 4.79 Å². The van der Waals surface area contributed by atoms with Crippen molar-refractivity contribution in [1.29, 1.82) is 0 Å². The van der Waals surface area contributed by atoms with Gasteiger partial charge in [0, 0.05) is 25.2 Å². The van der Waals surface area contributed by atoms with Crippen molar-refractivity contribution in [3.05, 3.63) is 35.4 Å². The van der Waals surface area contributed by atoms with Crippen LogP contribution < -0.4 is 5.32 Å². The van der Waals surface area contributed by atoms with E-state index in [0.29, 0.717) is 32.0 Å². The van der Waals surface area contributed by atoms with E-state index in [1.54, 1.807) is 18.3 Å². The largest absolute Gasteiger partial charge is 0.375 e. The summed E-state index contributed by atoms with van der Waals surface area (Å²) in [5.41, 5.74) is 2.49. The van der Waals surface area contributed by atoms with Crippen molar-refractivity contribution in [3.63, 3.8) is 0 Å². The van der Waals surface area contributed by atoms with E-state index >= 15 is 0 Å². The molecule has 0 saturated carbocycles. The topological polar surface area (TPSA) is 84.8 Å². The average molecular weight is 275 g/mol. The number of carbonyl (C=O) groups excluding carboxylic acids is 1. The molecule has 0 spiro atoms. The Labute approximate surface area is 116 Å². The van der Waals surface area contributed by atoms with Gasteiger partial charge in [-0.2, -0.15) is 0 Å². The number of aromatic amines is 1. The number of amides is 1. The fraction of sp³-hybridized carbons (Fsp3) is 0.462. The molecule has 2 aromatic heterocycles. The Hall–Kier alpha value is -2.15. The smallest absolute Gasteiger partial charge is 0.267 e. The third kappa shape index (κ3) is 2.57. The normalized spacial score (nSPS) is 18.4. The molecule has 0 bridgehead atoms. The van der Waals surface area contributed by atoms with Gasteiger partial charge in [0.1, 0.15) is 5.69 Å². The molecule has 3 rings (SSSR count). The molecule has 7 heteroatoms. The molecule has 1 amide bonds. The molecule has 7 nitrogen and oxygen atoms in total. The van der Waals surface area contributed by atoms with Gasteiger partial charge in [0.15, 0.2) is 0 Å². The number of hydrogen-bond acceptors (Lipinski definition) is 4. The van der Waals surface area contributed by atoms with Gasteiger partial charge >= 0.3 is 0 Å². The molecule has 1 aliphatic rings. The molecule has 1 atom stereocenters. The van der Waals surface area contributed by atoms with E-state index in [2.05, 4.69) is 20.6 Å². The second-order valence-corrected chi connectivity index (χ2v) is 4.98. The molecular weight excluding hydrogens is 258 g/mol. The molecule has 1 aliphatic heterocycles. The van der Waals surface area contributed by atoms with E-state index in [0.717, 1.165) is 11.4 Å². The summed E-state index contributed by atoms with van der Waals surface area (Å²) < 4.78 is 7.50. The molecular formula is C13H17N5O2.